The Morgan fingerprint density at radius 1 is 1.41 bits per heavy atom. The fourth-order valence-corrected chi connectivity index (χ4v) is 1.68. The molecule has 1 aliphatic heterocycles. The minimum Gasteiger partial charge on any atom is -0.384 e. The number of nitrogens with two attached hydrogens (primary N) is 1. The third-order valence-electron chi connectivity index (χ3n) is 2.56. The molecule has 5 nitrogen and oxygen atoms in total. The summed E-state index contributed by atoms with van der Waals surface area (Å²) < 4.78 is 5.22. The minimum absolute atomic E-state index is 0. The van der Waals surface area contributed by atoms with E-state index in [0.29, 0.717) is 24.7 Å². The Balaban J connectivity index is 0.00000144. The highest BCUT2D eigenvalue weighted by atomic mass is 35.5. The van der Waals surface area contributed by atoms with Crippen LogP contribution in [0.5, 0.6) is 0 Å². The van der Waals surface area contributed by atoms with E-state index < -0.39 is 0 Å². The van der Waals surface area contributed by atoms with Gasteiger partial charge < -0.3 is 15.8 Å². The molecule has 6 heteroatoms. The molecule has 2 heterocycles. The van der Waals surface area contributed by atoms with Gasteiger partial charge in [0, 0.05) is 19.3 Å². The number of rotatable bonds is 2. The molecule has 2 rings (SSSR count). The lowest BCUT2D eigenvalue weighted by molar-refractivity contribution is 0.0694. The quantitative estimate of drug-likeness (QED) is 0.829. The highest BCUT2D eigenvalue weighted by molar-refractivity contribution is 5.92. The molecule has 0 bridgehead atoms. The van der Waals surface area contributed by atoms with Gasteiger partial charge in [-0.25, -0.2) is 4.98 Å². The number of hydrogen-bond donors (Lipinski definition) is 2. The van der Waals surface area contributed by atoms with Gasteiger partial charge in [0.1, 0.15) is 11.5 Å². The average molecular weight is 258 g/mol. The molecule has 0 aliphatic carbocycles. The van der Waals surface area contributed by atoms with E-state index in [-0.39, 0.29) is 24.4 Å². The van der Waals surface area contributed by atoms with Crippen molar-refractivity contribution in [3.63, 3.8) is 0 Å². The van der Waals surface area contributed by atoms with Crippen molar-refractivity contribution >= 4 is 24.1 Å². The minimum atomic E-state index is -0.167. The van der Waals surface area contributed by atoms with Crippen molar-refractivity contribution in [3.05, 3.63) is 23.9 Å². The Hall–Kier alpha value is -1.33. The molecule has 1 aromatic rings. The number of nitrogen functional groups attached to an aromatic ring is 1. The van der Waals surface area contributed by atoms with Crippen molar-refractivity contribution < 1.29 is 9.53 Å². The number of hydrogen-bond acceptors (Lipinski definition) is 4. The van der Waals surface area contributed by atoms with Crippen LogP contribution >= 0.6 is 12.4 Å². The van der Waals surface area contributed by atoms with Crippen LogP contribution in [-0.2, 0) is 4.74 Å². The van der Waals surface area contributed by atoms with E-state index in [1.165, 1.54) is 0 Å². The molecule has 1 aliphatic rings. The Bertz CT molecular complexity index is 381. The molecule has 0 atom stereocenters. The predicted molar refractivity (Wildman–Crippen MR) is 67.2 cm³/mol. The number of anilines is 1. The van der Waals surface area contributed by atoms with E-state index in [2.05, 4.69) is 10.3 Å². The van der Waals surface area contributed by atoms with Crippen LogP contribution in [0.3, 0.4) is 0 Å². The van der Waals surface area contributed by atoms with Gasteiger partial charge in [-0.3, -0.25) is 4.79 Å². The molecule has 0 saturated carbocycles. The van der Waals surface area contributed by atoms with E-state index in [0.717, 1.165) is 12.8 Å². The fourth-order valence-electron chi connectivity index (χ4n) is 1.68. The number of pyridine rings is 1. The predicted octanol–water partition coefficient (Wildman–Crippen LogP) is 0.994. The third kappa shape index (κ3) is 3.87. The number of aromatic nitrogens is 1. The lowest BCUT2D eigenvalue weighted by Gasteiger charge is -2.22. The van der Waals surface area contributed by atoms with Crippen molar-refractivity contribution in [1.82, 2.24) is 10.3 Å². The zero-order valence-electron chi connectivity index (χ0n) is 9.39. The van der Waals surface area contributed by atoms with Crippen molar-refractivity contribution in [3.8, 4) is 0 Å². The lowest BCUT2D eigenvalue weighted by atomic mass is 10.1. The SMILES string of the molecule is Cl.Nc1cccc(C(=O)NC2CCOCC2)n1. The van der Waals surface area contributed by atoms with Crippen molar-refractivity contribution in [1.29, 1.82) is 0 Å². The van der Waals surface area contributed by atoms with E-state index in [1.54, 1.807) is 18.2 Å². The van der Waals surface area contributed by atoms with Crippen LogP contribution in [0.2, 0.25) is 0 Å². The van der Waals surface area contributed by atoms with E-state index in [1.807, 2.05) is 0 Å². The van der Waals surface area contributed by atoms with Crippen LogP contribution in [0, 0.1) is 0 Å². The van der Waals surface area contributed by atoms with Crippen molar-refractivity contribution in [2.45, 2.75) is 18.9 Å². The number of carbonyl (C=O) groups is 1. The summed E-state index contributed by atoms with van der Waals surface area (Å²) in [7, 11) is 0. The Labute approximate surface area is 106 Å². The van der Waals surface area contributed by atoms with Gasteiger partial charge in [0.05, 0.1) is 0 Å². The summed E-state index contributed by atoms with van der Waals surface area (Å²) in [6, 6.07) is 5.22. The number of carbonyl (C=O) groups excluding carboxylic acids is 1. The molecule has 0 spiro atoms. The van der Waals surface area contributed by atoms with Crippen LogP contribution in [0.25, 0.3) is 0 Å². The molecule has 3 N–H and O–H groups in total. The highest BCUT2D eigenvalue weighted by Gasteiger charge is 2.17. The first kappa shape index (κ1) is 13.7. The number of ether oxygens (including phenoxy) is 1. The summed E-state index contributed by atoms with van der Waals surface area (Å²) in [6.45, 7) is 1.41. The van der Waals surface area contributed by atoms with Gasteiger partial charge in [-0.05, 0) is 25.0 Å². The summed E-state index contributed by atoms with van der Waals surface area (Å²) in [5.74, 6) is 0.193. The van der Waals surface area contributed by atoms with Gasteiger partial charge >= 0.3 is 0 Å². The summed E-state index contributed by atoms with van der Waals surface area (Å²) in [5.41, 5.74) is 5.89. The standard InChI is InChI=1S/C11H15N3O2.ClH/c12-10-3-1-2-9(14-10)11(15)13-8-4-6-16-7-5-8;/h1-3,8H,4-7H2,(H2,12,14)(H,13,15);1H. The first-order valence-corrected chi connectivity index (χ1v) is 5.37. The summed E-state index contributed by atoms with van der Waals surface area (Å²) in [6.07, 6.45) is 1.71. The van der Waals surface area contributed by atoms with E-state index in [9.17, 15) is 4.79 Å². The Kier molecular flexibility index (Phi) is 5.18. The number of amides is 1. The smallest absolute Gasteiger partial charge is 0.270 e. The number of nitrogens with zero attached hydrogens (tertiary/aromatic N) is 1. The monoisotopic (exact) mass is 257 g/mol. The second-order valence-corrected chi connectivity index (χ2v) is 3.81. The van der Waals surface area contributed by atoms with Gasteiger partial charge in [-0.2, -0.15) is 0 Å². The summed E-state index contributed by atoms with van der Waals surface area (Å²) in [5, 5.41) is 2.93. The lowest BCUT2D eigenvalue weighted by Crippen LogP contribution is -2.39. The van der Waals surface area contributed by atoms with Crippen LogP contribution < -0.4 is 11.1 Å². The van der Waals surface area contributed by atoms with Crippen LogP contribution in [0.4, 0.5) is 5.82 Å². The Morgan fingerprint density at radius 2 is 2.12 bits per heavy atom. The first-order valence-electron chi connectivity index (χ1n) is 5.37. The topological polar surface area (TPSA) is 77.2 Å². The van der Waals surface area contributed by atoms with Gasteiger partial charge in [-0.1, -0.05) is 6.07 Å². The largest absolute Gasteiger partial charge is 0.384 e. The average Bonchev–Trinajstić information content (AvgIpc) is 2.30. The first-order chi connectivity index (χ1) is 7.75. The highest BCUT2D eigenvalue weighted by Crippen LogP contribution is 2.07. The van der Waals surface area contributed by atoms with Crippen molar-refractivity contribution in [2.75, 3.05) is 18.9 Å². The van der Waals surface area contributed by atoms with Crippen LogP contribution in [0.15, 0.2) is 18.2 Å². The molecule has 1 aromatic heterocycles. The molecule has 1 amide bonds. The van der Waals surface area contributed by atoms with Crippen LogP contribution in [0.1, 0.15) is 23.3 Å². The second-order valence-electron chi connectivity index (χ2n) is 3.81. The molecule has 17 heavy (non-hydrogen) atoms. The zero-order chi connectivity index (χ0) is 11.4. The second kappa shape index (κ2) is 6.42. The van der Waals surface area contributed by atoms with Gasteiger partial charge in [0.15, 0.2) is 0 Å². The fraction of sp³-hybridized carbons (Fsp3) is 0.455. The maximum Gasteiger partial charge on any atom is 0.270 e. The molecular weight excluding hydrogens is 242 g/mol. The van der Waals surface area contributed by atoms with Crippen LogP contribution in [-0.4, -0.2) is 30.1 Å². The molecule has 1 saturated heterocycles. The maximum atomic E-state index is 11.8. The summed E-state index contributed by atoms with van der Waals surface area (Å²) in [4.78, 5) is 15.8. The molecule has 0 radical (unpaired) electrons. The zero-order valence-corrected chi connectivity index (χ0v) is 10.2. The summed E-state index contributed by atoms with van der Waals surface area (Å²) >= 11 is 0. The Morgan fingerprint density at radius 3 is 2.76 bits per heavy atom. The normalized spacial score (nSPS) is 16.0. The molecule has 0 unspecified atom stereocenters. The van der Waals surface area contributed by atoms with E-state index >= 15 is 0 Å². The number of halogens is 1. The van der Waals surface area contributed by atoms with Gasteiger partial charge in [0.2, 0.25) is 0 Å². The molecule has 1 fully saturated rings. The molecule has 0 aromatic carbocycles. The maximum absolute atomic E-state index is 11.8. The van der Waals surface area contributed by atoms with Gasteiger partial charge in [0.25, 0.3) is 5.91 Å². The van der Waals surface area contributed by atoms with E-state index in [4.69, 9.17) is 10.5 Å². The third-order valence-corrected chi connectivity index (χ3v) is 2.56. The van der Waals surface area contributed by atoms with Crippen molar-refractivity contribution in [2.24, 2.45) is 0 Å². The molecular formula is C11H16ClN3O2. The van der Waals surface area contributed by atoms with Gasteiger partial charge in [-0.15, -0.1) is 12.4 Å². The molecule has 94 valence electrons. The number of nitrogens with one attached hydrogen (secondary N) is 1.